The first-order valence-corrected chi connectivity index (χ1v) is 11.8. The number of carbonyl (C=O) groups excluding carboxylic acids is 2. The second-order valence-corrected chi connectivity index (χ2v) is 8.62. The van der Waals surface area contributed by atoms with E-state index >= 15 is 0 Å². The van der Waals surface area contributed by atoms with Crippen molar-refractivity contribution in [1.82, 2.24) is 4.90 Å². The monoisotopic (exact) mass is 430 g/mol. The van der Waals surface area contributed by atoms with Crippen molar-refractivity contribution in [1.29, 1.82) is 0 Å². The fraction of sp³-hybridized carbons (Fsp3) is 0.857. The molecule has 0 saturated heterocycles. The number of rotatable bonds is 15. The molecule has 0 spiro atoms. The van der Waals surface area contributed by atoms with Crippen LogP contribution in [0.15, 0.2) is 0 Å². The fourth-order valence-electron chi connectivity index (χ4n) is 2.18. The molecule has 0 aromatic carbocycles. The maximum absolute atomic E-state index is 12.1. The van der Waals surface area contributed by atoms with E-state index in [2.05, 4.69) is 16.8 Å². The van der Waals surface area contributed by atoms with E-state index < -0.39 is 21.0 Å². The summed E-state index contributed by atoms with van der Waals surface area (Å²) in [7, 11) is -2.75. The van der Waals surface area contributed by atoms with Crippen LogP contribution < -0.4 is 5.73 Å². The van der Waals surface area contributed by atoms with Crippen LogP contribution in [0.25, 0.3) is 0 Å². The molecule has 154 valence electrons. The van der Waals surface area contributed by atoms with E-state index in [0.29, 0.717) is 57.5 Å². The maximum atomic E-state index is 12.1. The van der Waals surface area contributed by atoms with Crippen LogP contribution in [-0.4, -0.2) is 64.6 Å². The molecular weight excluding hydrogens is 400 g/mol. The summed E-state index contributed by atoms with van der Waals surface area (Å²) in [6.07, 6.45) is -0.333. The molecule has 12 heteroatoms. The van der Waals surface area contributed by atoms with E-state index in [9.17, 15) is 9.59 Å². The summed E-state index contributed by atoms with van der Waals surface area (Å²) in [5, 5.41) is 0. The van der Waals surface area contributed by atoms with Gasteiger partial charge in [-0.3, -0.25) is 0 Å². The van der Waals surface area contributed by atoms with Crippen LogP contribution >= 0.6 is 25.0 Å². The van der Waals surface area contributed by atoms with Crippen molar-refractivity contribution in [3.8, 4) is 0 Å². The maximum Gasteiger partial charge on any atom is 0.500 e. The Morgan fingerprint density at radius 2 is 1.54 bits per heavy atom. The molecule has 0 aliphatic carbocycles. The molecule has 9 nitrogen and oxygen atoms in total. The van der Waals surface area contributed by atoms with Gasteiger partial charge in [-0.05, 0) is 39.4 Å². The third kappa shape index (κ3) is 11.1. The Kier molecular flexibility index (Phi) is 15.0. The molecule has 2 amide bonds. The zero-order valence-corrected chi connectivity index (χ0v) is 18.3. The van der Waals surface area contributed by atoms with Crippen LogP contribution in [0.5, 0.6) is 0 Å². The lowest BCUT2D eigenvalue weighted by molar-refractivity contribution is 0.0697. The largest absolute Gasteiger partial charge is 0.500 e. The van der Waals surface area contributed by atoms with Gasteiger partial charge >= 0.3 is 33.3 Å². The molecule has 0 aliphatic heterocycles. The molecule has 0 aliphatic rings. The van der Waals surface area contributed by atoms with Crippen molar-refractivity contribution < 1.29 is 31.2 Å². The van der Waals surface area contributed by atoms with Crippen LogP contribution in [0.1, 0.15) is 33.6 Å². The van der Waals surface area contributed by atoms with Gasteiger partial charge in [0.25, 0.3) is 0 Å². The Morgan fingerprint density at radius 1 is 1.00 bits per heavy atom. The van der Waals surface area contributed by atoms with Crippen molar-refractivity contribution >= 4 is 45.9 Å². The quantitative estimate of drug-likeness (QED) is 0.232. The van der Waals surface area contributed by atoms with Gasteiger partial charge in [0.2, 0.25) is 0 Å². The third-order valence-electron chi connectivity index (χ3n) is 3.07. The minimum Gasteiger partial charge on any atom is -0.374 e. The fourth-order valence-corrected chi connectivity index (χ4v) is 5.18. The van der Waals surface area contributed by atoms with Crippen LogP contribution in [0.4, 0.5) is 9.59 Å². The summed E-state index contributed by atoms with van der Waals surface area (Å²) < 4.78 is 26.5. The van der Waals surface area contributed by atoms with E-state index in [1.54, 1.807) is 0 Å². The number of carbonyl (C=O) groups is 2. The third-order valence-corrected chi connectivity index (χ3v) is 6.98. The summed E-state index contributed by atoms with van der Waals surface area (Å²) in [5.41, 5.74) is 4.81. The molecule has 0 unspecified atom stereocenters. The van der Waals surface area contributed by atoms with Crippen LogP contribution in [0, 0.1) is 0 Å². The number of primary amides is 1. The molecule has 0 rings (SSSR count). The molecule has 0 bridgehead atoms. The van der Waals surface area contributed by atoms with Gasteiger partial charge in [-0.1, -0.05) is 0 Å². The lowest BCUT2D eigenvalue weighted by atomic mass is 10.4. The predicted octanol–water partition coefficient (Wildman–Crippen LogP) is 2.84. The van der Waals surface area contributed by atoms with Crippen LogP contribution in [0.2, 0.25) is 6.04 Å². The number of hydrogen-bond acceptors (Lipinski definition) is 9. The summed E-state index contributed by atoms with van der Waals surface area (Å²) in [5.74, 6) is 0.629. The molecule has 0 heterocycles. The van der Waals surface area contributed by atoms with Crippen LogP contribution in [-0.2, 0) is 21.6 Å². The summed E-state index contributed by atoms with van der Waals surface area (Å²) in [6, 6.07) is 0.581. The van der Waals surface area contributed by atoms with Crippen molar-refractivity contribution in [2.75, 3.05) is 38.7 Å². The molecular formula is C14H30N2O7S2Si. The van der Waals surface area contributed by atoms with Gasteiger partial charge in [-0.25, -0.2) is 9.59 Å². The molecule has 26 heavy (non-hydrogen) atoms. The summed E-state index contributed by atoms with van der Waals surface area (Å²) in [4.78, 5) is 24.1. The average Bonchev–Trinajstić information content (AvgIpc) is 2.58. The van der Waals surface area contributed by atoms with Crippen molar-refractivity contribution in [2.24, 2.45) is 5.73 Å². The number of nitrogens with two attached hydrogens (primary N) is 1. The Bertz CT molecular complexity index is 390. The SMILES string of the molecule is CCO[Si](CCCN(CCCS)C(=O)OSOC(N)=O)(OCC)OCC. The lowest BCUT2D eigenvalue weighted by Gasteiger charge is -2.29. The number of amides is 2. The summed E-state index contributed by atoms with van der Waals surface area (Å²) in [6.45, 7) is 8.07. The first-order chi connectivity index (χ1) is 12.4. The van der Waals surface area contributed by atoms with E-state index in [1.165, 1.54) is 4.90 Å². The first kappa shape index (κ1) is 25.3. The van der Waals surface area contributed by atoms with Crippen LogP contribution in [0.3, 0.4) is 0 Å². The van der Waals surface area contributed by atoms with Crippen molar-refractivity contribution in [3.63, 3.8) is 0 Å². The normalized spacial score (nSPS) is 11.2. The van der Waals surface area contributed by atoms with Gasteiger partial charge < -0.3 is 32.3 Å². The lowest BCUT2D eigenvalue weighted by Crippen LogP contribution is -2.46. The van der Waals surface area contributed by atoms with Gasteiger partial charge in [0, 0.05) is 39.0 Å². The molecule has 0 radical (unpaired) electrons. The second kappa shape index (κ2) is 15.4. The highest BCUT2D eigenvalue weighted by Gasteiger charge is 2.40. The Morgan fingerprint density at radius 3 is 2.00 bits per heavy atom. The number of hydrogen-bond donors (Lipinski definition) is 2. The zero-order valence-electron chi connectivity index (χ0n) is 15.6. The molecule has 0 atom stereocenters. The number of thiol groups is 1. The van der Waals surface area contributed by atoms with E-state index in [4.69, 9.17) is 23.2 Å². The predicted molar refractivity (Wildman–Crippen MR) is 105 cm³/mol. The van der Waals surface area contributed by atoms with Crippen molar-refractivity contribution in [2.45, 2.75) is 39.7 Å². The first-order valence-electron chi connectivity index (χ1n) is 8.56. The smallest absolute Gasteiger partial charge is 0.374 e. The van der Waals surface area contributed by atoms with Gasteiger partial charge in [-0.15, -0.1) is 0 Å². The second-order valence-electron chi connectivity index (χ2n) is 4.97. The van der Waals surface area contributed by atoms with Gasteiger partial charge in [-0.2, -0.15) is 12.6 Å². The average molecular weight is 431 g/mol. The minimum atomic E-state index is -2.75. The minimum absolute atomic E-state index is 0.244. The standard InChI is InChI=1S/C14H30N2O7S2Si/c1-4-19-26(20-5-2,21-6-3)12-8-10-16(9-7-11-24)14(18)23-25-22-13(15)17/h24H,4-12H2,1-3H3,(H2,15,17). The Hall–Kier alpha value is -0.663. The molecule has 2 N–H and O–H groups in total. The Labute approximate surface area is 166 Å². The molecule has 0 saturated carbocycles. The number of nitrogens with zero attached hydrogens (tertiary/aromatic N) is 1. The highest BCUT2D eigenvalue weighted by Crippen LogP contribution is 2.19. The topological polar surface area (TPSA) is 110 Å². The Balaban J connectivity index is 4.67. The van der Waals surface area contributed by atoms with Gasteiger partial charge in [0.15, 0.2) is 0 Å². The molecule has 0 aromatic heterocycles. The van der Waals surface area contributed by atoms with E-state index in [1.807, 2.05) is 20.8 Å². The van der Waals surface area contributed by atoms with E-state index in [-0.39, 0.29) is 12.3 Å². The van der Waals surface area contributed by atoms with Gasteiger partial charge in [0.05, 0.1) is 0 Å². The highest BCUT2D eigenvalue weighted by molar-refractivity contribution is 7.90. The van der Waals surface area contributed by atoms with Crippen molar-refractivity contribution in [3.05, 3.63) is 0 Å². The summed E-state index contributed by atoms with van der Waals surface area (Å²) >= 11 is 4.40. The molecule has 0 aromatic rings. The highest BCUT2D eigenvalue weighted by atomic mass is 32.2. The van der Waals surface area contributed by atoms with E-state index in [0.717, 1.165) is 0 Å². The van der Waals surface area contributed by atoms with Gasteiger partial charge in [0.1, 0.15) is 0 Å². The zero-order chi connectivity index (χ0) is 19.8. The molecule has 0 fully saturated rings.